The summed E-state index contributed by atoms with van der Waals surface area (Å²) < 4.78 is 6.72. The van der Waals surface area contributed by atoms with E-state index in [4.69, 9.17) is 4.52 Å². The first-order valence-corrected chi connectivity index (χ1v) is 7.00. The number of amides is 1. The first-order valence-electron chi connectivity index (χ1n) is 5.85. The molecular weight excluding hydrogens is 264 g/mol. The molecule has 2 rings (SSSR count). The van der Waals surface area contributed by atoms with E-state index in [1.807, 2.05) is 20.9 Å². The highest BCUT2D eigenvalue weighted by Crippen LogP contribution is 2.19. The van der Waals surface area contributed by atoms with Crippen LogP contribution in [0.5, 0.6) is 0 Å². The Balaban J connectivity index is 1.78. The number of hydrogen-bond acceptors (Lipinski definition) is 5. The summed E-state index contributed by atoms with van der Waals surface area (Å²) in [5, 5.41) is 10.7. The molecule has 0 saturated carbocycles. The van der Waals surface area contributed by atoms with E-state index < -0.39 is 0 Å². The van der Waals surface area contributed by atoms with Crippen molar-refractivity contribution in [2.24, 2.45) is 7.05 Å². The molecule has 0 aromatic carbocycles. The van der Waals surface area contributed by atoms with E-state index in [-0.39, 0.29) is 5.91 Å². The van der Waals surface area contributed by atoms with Crippen LogP contribution in [0.2, 0.25) is 0 Å². The normalized spacial score (nSPS) is 10.7. The summed E-state index contributed by atoms with van der Waals surface area (Å²) in [6, 6.07) is 1.76. The molecule has 0 fully saturated rings. The van der Waals surface area contributed by atoms with Crippen molar-refractivity contribution in [1.82, 2.24) is 14.9 Å². The maximum atomic E-state index is 11.7. The molecule has 19 heavy (non-hydrogen) atoms. The van der Waals surface area contributed by atoms with Crippen molar-refractivity contribution in [3.63, 3.8) is 0 Å². The van der Waals surface area contributed by atoms with Gasteiger partial charge in [0.15, 0.2) is 5.82 Å². The highest BCUT2D eigenvalue weighted by Gasteiger charge is 2.10. The second-order valence-electron chi connectivity index (χ2n) is 4.22. The largest absolute Gasteiger partial charge is 0.361 e. The summed E-state index contributed by atoms with van der Waals surface area (Å²) in [5.41, 5.74) is 1.95. The van der Waals surface area contributed by atoms with E-state index in [1.165, 1.54) is 11.8 Å². The van der Waals surface area contributed by atoms with Crippen molar-refractivity contribution in [2.45, 2.75) is 19.6 Å². The molecule has 1 N–H and O–H groups in total. The van der Waals surface area contributed by atoms with Gasteiger partial charge in [-0.3, -0.25) is 9.48 Å². The summed E-state index contributed by atoms with van der Waals surface area (Å²) in [6.07, 6.45) is 1.78. The monoisotopic (exact) mass is 280 g/mol. The van der Waals surface area contributed by atoms with Crippen LogP contribution < -0.4 is 5.32 Å². The van der Waals surface area contributed by atoms with Gasteiger partial charge in [-0.15, -0.1) is 11.8 Å². The predicted octanol–water partition coefficient (Wildman–Crippen LogP) is 1.90. The Bertz CT molecular complexity index is 557. The molecule has 1 amide bonds. The van der Waals surface area contributed by atoms with Gasteiger partial charge in [0, 0.05) is 30.6 Å². The lowest BCUT2D eigenvalue weighted by molar-refractivity contribution is -0.113. The van der Waals surface area contributed by atoms with Gasteiger partial charge in [-0.2, -0.15) is 5.10 Å². The fourth-order valence-electron chi connectivity index (χ4n) is 1.61. The number of carbonyl (C=O) groups is 1. The van der Waals surface area contributed by atoms with Crippen LogP contribution in [0.4, 0.5) is 5.82 Å². The van der Waals surface area contributed by atoms with Crippen LogP contribution in [0.25, 0.3) is 0 Å². The van der Waals surface area contributed by atoms with Gasteiger partial charge in [-0.05, 0) is 13.8 Å². The molecule has 0 bridgehead atoms. The SMILES string of the molecule is Cc1noc(C)c1CSCC(=O)Nc1ccn(C)n1. The maximum Gasteiger partial charge on any atom is 0.235 e. The Morgan fingerprint density at radius 1 is 1.53 bits per heavy atom. The van der Waals surface area contributed by atoms with E-state index >= 15 is 0 Å². The minimum absolute atomic E-state index is 0.0598. The van der Waals surface area contributed by atoms with Gasteiger partial charge >= 0.3 is 0 Å². The molecule has 102 valence electrons. The molecule has 0 radical (unpaired) electrons. The number of nitrogens with one attached hydrogen (secondary N) is 1. The van der Waals surface area contributed by atoms with Gasteiger partial charge in [0.1, 0.15) is 5.76 Å². The van der Waals surface area contributed by atoms with Gasteiger partial charge in [0.05, 0.1) is 11.4 Å². The molecular formula is C12H16N4O2S. The Hall–Kier alpha value is -1.76. The van der Waals surface area contributed by atoms with Crippen molar-refractivity contribution in [3.8, 4) is 0 Å². The molecule has 0 aliphatic heterocycles. The molecule has 0 aliphatic rings. The third-order valence-electron chi connectivity index (χ3n) is 2.64. The third-order valence-corrected chi connectivity index (χ3v) is 3.60. The van der Waals surface area contributed by atoms with Gasteiger partial charge in [-0.1, -0.05) is 5.16 Å². The average Bonchev–Trinajstić information content (AvgIpc) is 2.89. The van der Waals surface area contributed by atoms with Crippen molar-refractivity contribution in [3.05, 3.63) is 29.3 Å². The summed E-state index contributed by atoms with van der Waals surface area (Å²) in [7, 11) is 1.81. The highest BCUT2D eigenvalue weighted by atomic mass is 32.2. The minimum Gasteiger partial charge on any atom is -0.361 e. The van der Waals surface area contributed by atoms with Gasteiger partial charge in [0.25, 0.3) is 0 Å². The number of aromatic nitrogens is 3. The minimum atomic E-state index is -0.0598. The first kappa shape index (κ1) is 13.7. The number of hydrogen-bond donors (Lipinski definition) is 1. The fraction of sp³-hybridized carbons (Fsp3) is 0.417. The summed E-state index contributed by atoms with van der Waals surface area (Å²) in [5.74, 6) is 2.42. The maximum absolute atomic E-state index is 11.7. The zero-order chi connectivity index (χ0) is 13.8. The van der Waals surface area contributed by atoms with Crippen LogP contribution in [-0.4, -0.2) is 26.6 Å². The van der Waals surface area contributed by atoms with Gasteiger partial charge in [-0.25, -0.2) is 0 Å². The molecule has 0 spiro atoms. The van der Waals surface area contributed by atoms with Crippen LogP contribution in [0.15, 0.2) is 16.8 Å². The van der Waals surface area contributed by atoms with Crippen LogP contribution >= 0.6 is 11.8 Å². The molecule has 0 aliphatic carbocycles. The Morgan fingerprint density at radius 2 is 2.32 bits per heavy atom. The number of thioether (sulfide) groups is 1. The van der Waals surface area contributed by atoms with E-state index in [0.29, 0.717) is 11.6 Å². The molecule has 2 aromatic rings. The van der Waals surface area contributed by atoms with Crippen molar-refractivity contribution in [1.29, 1.82) is 0 Å². The van der Waals surface area contributed by atoms with Crippen LogP contribution in [-0.2, 0) is 17.6 Å². The first-order chi connectivity index (χ1) is 9.06. The Morgan fingerprint density at radius 3 is 2.89 bits per heavy atom. The van der Waals surface area contributed by atoms with E-state index in [1.54, 1.807) is 16.9 Å². The van der Waals surface area contributed by atoms with Crippen molar-refractivity contribution in [2.75, 3.05) is 11.1 Å². The van der Waals surface area contributed by atoms with Crippen LogP contribution in [0.3, 0.4) is 0 Å². The Labute approximate surface area is 115 Å². The second-order valence-corrected chi connectivity index (χ2v) is 5.20. The number of nitrogens with zero attached hydrogens (tertiary/aromatic N) is 3. The van der Waals surface area contributed by atoms with Gasteiger partial charge < -0.3 is 9.84 Å². The molecule has 2 heterocycles. The van der Waals surface area contributed by atoms with E-state index in [9.17, 15) is 4.79 Å². The summed E-state index contributed by atoms with van der Waals surface area (Å²) in [4.78, 5) is 11.7. The second kappa shape index (κ2) is 5.92. The predicted molar refractivity (Wildman–Crippen MR) is 74.0 cm³/mol. The zero-order valence-electron chi connectivity index (χ0n) is 11.1. The zero-order valence-corrected chi connectivity index (χ0v) is 12.0. The molecule has 2 aromatic heterocycles. The Kier molecular flexibility index (Phi) is 4.26. The standard InChI is InChI=1S/C12H16N4O2S/c1-8-10(9(2)18-15-8)6-19-7-12(17)13-11-4-5-16(3)14-11/h4-5H,6-7H2,1-3H3,(H,13,14,17). The van der Waals surface area contributed by atoms with Crippen molar-refractivity contribution >= 4 is 23.5 Å². The fourth-order valence-corrected chi connectivity index (χ4v) is 2.59. The van der Waals surface area contributed by atoms with E-state index in [0.717, 1.165) is 22.8 Å². The number of aryl methyl sites for hydroxylation is 3. The smallest absolute Gasteiger partial charge is 0.235 e. The summed E-state index contributed by atoms with van der Waals surface area (Å²) in [6.45, 7) is 3.78. The summed E-state index contributed by atoms with van der Waals surface area (Å²) >= 11 is 1.53. The molecule has 6 nitrogen and oxygen atoms in total. The topological polar surface area (TPSA) is 73.0 Å². The molecule has 0 unspecified atom stereocenters. The molecule has 0 atom stereocenters. The quantitative estimate of drug-likeness (QED) is 0.905. The lowest BCUT2D eigenvalue weighted by Gasteiger charge is -2.02. The number of carbonyl (C=O) groups excluding carboxylic acids is 1. The average molecular weight is 280 g/mol. The number of rotatable bonds is 5. The molecule has 7 heteroatoms. The lowest BCUT2D eigenvalue weighted by atomic mass is 10.2. The van der Waals surface area contributed by atoms with Crippen molar-refractivity contribution < 1.29 is 9.32 Å². The number of anilines is 1. The molecule has 0 saturated heterocycles. The lowest BCUT2D eigenvalue weighted by Crippen LogP contribution is -2.14. The van der Waals surface area contributed by atoms with E-state index in [2.05, 4.69) is 15.6 Å². The van der Waals surface area contributed by atoms with Crippen LogP contribution in [0.1, 0.15) is 17.0 Å². The van der Waals surface area contributed by atoms with Crippen LogP contribution in [0, 0.1) is 13.8 Å². The third kappa shape index (κ3) is 3.60. The van der Waals surface area contributed by atoms with Gasteiger partial charge in [0.2, 0.25) is 5.91 Å². The highest BCUT2D eigenvalue weighted by molar-refractivity contribution is 7.99.